The monoisotopic (exact) mass is 306 g/mol. The molecule has 0 aliphatic heterocycles. The minimum atomic E-state index is -2.26. The lowest BCUT2D eigenvalue weighted by Crippen LogP contribution is -2.21. The van der Waals surface area contributed by atoms with E-state index in [-0.39, 0.29) is 6.61 Å². The smallest absolute Gasteiger partial charge is 0.302 e. The van der Waals surface area contributed by atoms with Crippen LogP contribution in [-0.2, 0) is 15.5 Å². The Morgan fingerprint density at radius 1 is 1.05 bits per heavy atom. The SMILES string of the molecule is CCC(COc1ccc(-c2ccccc2)cc1)OS(=O)O. The first kappa shape index (κ1) is 15.7. The molecule has 0 saturated heterocycles. The fourth-order valence-electron chi connectivity index (χ4n) is 1.89. The minimum absolute atomic E-state index is 0.244. The van der Waals surface area contributed by atoms with E-state index in [1.807, 2.05) is 61.5 Å². The molecule has 0 radical (unpaired) electrons. The van der Waals surface area contributed by atoms with Crippen LogP contribution in [0.5, 0.6) is 5.75 Å². The molecule has 2 rings (SSSR count). The van der Waals surface area contributed by atoms with Gasteiger partial charge in [-0.25, -0.2) is 0 Å². The maximum absolute atomic E-state index is 10.6. The molecule has 0 aliphatic rings. The van der Waals surface area contributed by atoms with Gasteiger partial charge in [-0.05, 0) is 29.7 Å². The number of ether oxygens (including phenoxy) is 1. The van der Waals surface area contributed by atoms with Crippen molar-refractivity contribution in [2.75, 3.05) is 6.61 Å². The van der Waals surface area contributed by atoms with Gasteiger partial charge in [0.25, 0.3) is 0 Å². The highest BCUT2D eigenvalue weighted by atomic mass is 32.2. The molecule has 0 spiro atoms. The summed E-state index contributed by atoms with van der Waals surface area (Å²) < 4.78 is 29.7. The number of benzene rings is 2. The van der Waals surface area contributed by atoms with E-state index in [1.165, 1.54) is 0 Å². The Bertz CT molecular complexity index is 569. The van der Waals surface area contributed by atoms with E-state index >= 15 is 0 Å². The number of hydrogen-bond donors (Lipinski definition) is 1. The molecule has 112 valence electrons. The van der Waals surface area contributed by atoms with Gasteiger partial charge in [-0.3, -0.25) is 8.74 Å². The van der Waals surface area contributed by atoms with Gasteiger partial charge in [0.1, 0.15) is 18.5 Å². The summed E-state index contributed by atoms with van der Waals surface area (Å²) in [5.74, 6) is 0.709. The van der Waals surface area contributed by atoms with Crippen LogP contribution >= 0.6 is 0 Å². The highest BCUT2D eigenvalue weighted by molar-refractivity contribution is 7.74. The molecule has 21 heavy (non-hydrogen) atoms. The summed E-state index contributed by atoms with van der Waals surface area (Å²) in [6.07, 6.45) is 0.207. The molecule has 4 nitrogen and oxygen atoms in total. The summed E-state index contributed by atoms with van der Waals surface area (Å²) in [4.78, 5) is 0. The maximum Gasteiger partial charge on any atom is 0.302 e. The quantitative estimate of drug-likeness (QED) is 0.793. The second-order valence-electron chi connectivity index (χ2n) is 4.55. The van der Waals surface area contributed by atoms with Crippen molar-refractivity contribution in [3.63, 3.8) is 0 Å². The molecule has 0 saturated carbocycles. The van der Waals surface area contributed by atoms with Crippen LogP contribution in [0.1, 0.15) is 13.3 Å². The van der Waals surface area contributed by atoms with Crippen molar-refractivity contribution in [3.05, 3.63) is 54.6 Å². The first-order chi connectivity index (χ1) is 10.2. The molecule has 2 atom stereocenters. The van der Waals surface area contributed by atoms with Crippen LogP contribution in [0.25, 0.3) is 11.1 Å². The van der Waals surface area contributed by atoms with Crippen molar-refractivity contribution in [1.82, 2.24) is 0 Å². The minimum Gasteiger partial charge on any atom is -0.491 e. The van der Waals surface area contributed by atoms with Gasteiger partial charge in [0.2, 0.25) is 0 Å². The first-order valence-electron chi connectivity index (χ1n) is 6.75. The van der Waals surface area contributed by atoms with Gasteiger partial charge in [-0.1, -0.05) is 49.4 Å². The molecule has 0 bridgehead atoms. The van der Waals surface area contributed by atoms with E-state index < -0.39 is 17.5 Å². The normalized spacial score (nSPS) is 13.6. The van der Waals surface area contributed by atoms with Gasteiger partial charge < -0.3 is 4.74 Å². The van der Waals surface area contributed by atoms with E-state index in [0.717, 1.165) is 11.1 Å². The molecule has 1 N–H and O–H groups in total. The second kappa shape index (κ2) is 7.93. The average molecular weight is 306 g/mol. The Balaban J connectivity index is 1.95. The molecule has 0 heterocycles. The molecule has 5 heteroatoms. The van der Waals surface area contributed by atoms with E-state index in [4.69, 9.17) is 13.5 Å². The number of hydrogen-bond acceptors (Lipinski definition) is 3. The zero-order valence-corrected chi connectivity index (χ0v) is 12.6. The predicted molar refractivity (Wildman–Crippen MR) is 83.3 cm³/mol. The summed E-state index contributed by atoms with van der Waals surface area (Å²) >= 11 is -2.26. The Morgan fingerprint density at radius 2 is 1.67 bits per heavy atom. The molecule has 2 aromatic carbocycles. The molecule has 0 aliphatic carbocycles. The van der Waals surface area contributed by atoms with Gasteiger partial charge in [0.05, 0.1) is 0 Å². The molecule has 2 unspecified atom stereocenters. The zero-order valence-electron chi connectivity index (χ0n) is 11.8. The summed E-state index contributed by atoms with van der Waals surface area (Å²) in [7, 11) is 0. The van der Waals surface area contributed by atoms with Gasteiger partial charge in [0.15, 0.2) is 0 Å². The lowest BCUT2D eigenvalue weighted by atomic mass is 10.1. The largest absolute Gasteiger partial charge is 0.491 e. The van der Waals surface area contributed by atoms with E-state index in [9.17, 15) is 4.21 Å². The van der Waals surface area contributed by atoms with Crippen molar-refractivity contribution < 1.29 is 17.7 Å². The molecule has 0 fully saturated rings. The lowest BCUT2D eigenvalue weighted by molar-refractivity contribution is 0.128. The predicted octanol–water partition coefficient (Wildman–Crippen LogP) is 3.66. The van der Waals surface area contributed by atoms with Crippen LogP contribution in [0.2, 0.25) is 0 Å². The van der Waals surface area contributed by atoms with Gasteiger partial charge in [-0.2, -0.15) is 4.21 Å². The highest BCUT2D eigenvalue weighted by Crippen LogP contribution is 2.22. The Labute approximate surface area is 127 Å². The third kappa shape index (κ3) is 4.97. The molecular weight excluding hydrogens is 288 g/mol. The first-order valence-corrected chi connectivity index (χ1v) is 7.78. The average Bonchev–Trinajstić information content (AvgIpc) is 2.52. The third-order valence-corrected chi connectivity index (χ3v) is 3.51. The second-order valence-corrected chi connectivity index (χ2v) is 5.17. The fraction of sp³-hybridized carbons (Fsp3) is 0.250. The summed E-state index contributed by atoms with van der Waals surface area (Å²) in [6, 6.07) is 17.8. The summed E-state index contributed by atoms with van der Waals surface area (Å²) in [5, 5.41) is 0. The van der Waals surface area contributed by atoms with Gasteiger partial charge in [0, 0.05) is 0 Å². The standard InChI is InChI=1S/C16H18O4S/c1-2-15(20-21(17)18)12-19-16-10-8-14(9-11-16)13-6-4-3-5-7-13/h3-11,15H,2,12H2,1H3,(H,17,18). The van der Waals surface area contributed by atoms with E-state index in [1.54, 1.807) is 0 Å². The molecular formula is C16H18O4S. The van der Waals surface area contributed by atoms with Crippen LogP contribution < -0.4 is 4.74 Å². The maximum atomic E-state index is 10.6. The van der Waals surface area contributed by atoms with Crippen molar-refractivity contribution in [2.24, 2.45) is 0 Å². The van der Waals surface area contributed by atoms with Crippen LogP contribution in [0, 0.1) is 0 Å². The van der Waals surface area contributed by atoms with Crippen LogP contribution in [0.15, 0.2) is 54.6 Å². The van der Waals surface area contributed by atoms with Gasteiger partial charge >= 0.3 is 11.4 Å². The highest BCUT2D eigenvalue weighted by Gasteiger charge is 2.11. The van der Waals surface area contributed by atoms with Crippen LogP contribution in [-0.4, -0.2) is 21.5 Å². The van der Waals surface area contributed by atoms with Gasteiger partial charge in [-0.15, -0.1) is 0 Å². The molecule has 2 aromatic rings. The Kier molecular flexibility index (Phi) is 5.92. The molecule has 0 amide bonds. The zero-order chi connectivity index (χ0) is 15.1. The summed E-state index contributed by atoms with van der Waals surface area (Å²) in [5.41, 5.74) is 2.26. The van der Waals surface area contributed by atoms with Crippen LogP contribution in [0.4, 0.5) is 0 Å². The van der Waals surface area contributed by atoms with Crippen molar-refractivity contribution in [3.8, 4) is 16.9 Å². The Morgan fingerprint density at radius 3 is 2.24 bits per heavy atom. The lowest BCUT2D eigenvalue weighted by Gasteiger charge is -2.14. The summed E-state index contributed by atoms with van der Waals surface area (Å²) in [6.45, 7) is 2.12. The van der Waals surface area contributed by atoms with E-state index in [2.05, 4.69) is 0 Å². The fourth-order valence-corrected chi connectivity index (χ4v) is 2.32. The number of rotatable bonds is 7. The van der Waals surface area contributed by atoms with Crippen molar-refractivity contribution in [1.29, 1.82) is 0 Å². The molecule has 0 aromatic heterocycles. The van der Waals surface area contributed by atoms with Crippen LogP contribution in [0.3, 0.4) is 0 Å². The van der Waals surface area contributed by atoms with Crippen molar-refractivity contribution >= 4 is 11.4 Å². The van der Waals surface area contributed by atoms with Crippen molar-refractivity contribution in [2.45, 2.75) is 19.4 Å². The van der Waals surface area contributed by atoms with E-state index in [0.29, 0.717) is 12.2 Å². The Hall–Kier alpha value is -1.69. The topological polar surface area (TPSA) is 55.8 Å². The third-order valence-electron chi connectivity index (χ3n) is 3.07.